The quantitative estimate of drug-likeness (QED) is 0.713. The van der Waals surface area contributed by atoms with E-state index in [1.807, 2.05) is 0 Å². The Kier molecular flexibility index (Phi) is 6.64. The molecule has 9 heteroatoms. The molecule has 0 fully saturated rings. The lowest BCUT2D eigenvalue weighted by molar-refractivity contribution is -0.116. The minimum absolute atomic E-state index is 0.00211. The summed E-state index contributed by atoms with van der Waals surface area (Å²) in [5.74, 6) is 1.23. The molecule has 1 N–H and O–H groups in total. The SMILES string of the molecule is COc1ccc(NC(=O)CCN(Cc2ccco2)S(C)(=O)=O)cc1OC. The Hall–Kier alpha value is -2.52. The van der Waals surface area contributed by atoms with E-state index in [1.165, 1.54) is 24.8 Å². The molecule has 0 spiro atoms. The fraction of sp³-hybridized carbons (Fsp3) is 0.353. The van der Waals surface area contributed by atoms with Gasteiger partial charge in [-0.3, -0.25) is 4.79 Å². The molecule has 0 aliphatic carbocycles. The maximum Gasteiger partial charge on any atom is 0.225 e. The minimum Gasteiger partial charge on any atom is -0.493 e. The van der Waals surface area contributed by atoms with Crippen molar-refractivity contribution in [2.24, 2.45) is 0 Å². The fourth-order valence-electron chi connectivity index (χ4n) is 2.30. The van der Waals surface area contributed by atoms with Crippen molar-refractivity contribution in [1.29, 1.82) is 0 Å². The summed E-state index contributed by atoms with van der Waals surface area (Å²) in [6.45, 7) is 0.119. The number of nitrogens with zero attached hydrogens (tertiary/aromatic N) is 1. The van der Waals surface area contributed by atoms with Crippen LogP contribution in [0.15, 0.2) is 41.0 Å². The first-order chi connectivity index (χ1) is 12.3. The molecule has 1 amide bonds. The molecule has 2 aromatic rings. The highest BCUT2D eigenvalue weighted by atomic mass is 32.2. The van der Waals surface area contributed by atoms with E-state index in [0.717, 1.165) is 6.26 Å². The van der Waals surface area contributed by atoms with Gasteiger partial charge in [0, 0.05) is 24.7 Å². The number of hydrogen-bond donors (Lipinski definition) is 1. The zero-order chi connectivity index (χ0) is 19.2. The highest BCUT2D eigenvalue weighted by molar-refractivity contribution is 7.88. The second kappa shape index (κ2) is 8.72. The normalized spacial score (nSPS) is 11.4. The number of nitrogens with one attached hydrogen (secondary N) is 1. The smallest absolute Gasteiger partial charge is 0.225 e. The third-order valence-electron chi connectivity index (χ3n) is 3.64. The van der Waals surface area contributed by atoms with Gasteiger partial charge in [0.2, 0.25) is 15.9 Å². The molecule has 26 heavy (non-hydrogen) atoms. The van der Waals surface area contributed by atoms with Crippen LogP contribution in [0.4, 0.5) is 5.69 Å². The van der Waals surface area contributed by atoms with Crippen molar-refractivity contribution in [3.05, 3.63) is 42.4 Å². The Morgan fingerprint density at radius 1 is 1.19 bits per heavy atom. The average Bonchev–Trinajstić information content (AvgIpc) is 3.10. The zero-order valence-corrected chi connectivity index (χ0v) is 15.7. The molecule has 0 atom stereocenters. The van der Waals surface area contributed by atoms with Gasteiger partial charge in [-0.15, -0.1) is 0 Å². The number of carbonyl (C=O) groups excluding carboxylic acids is 1. The Labute approximate surface area is 152 Å². The number of rotatable bonds is 9. The topological polar surface area (TPSA) is 98.1 Å². The number of sulfonamides is 1. The number of benzene rings is 1. The van der Waals surface area contributed by atoms with Gasteiger partial charge >= 0.3 is 0 Å². The summed E-state index contributed by atoms with van der Waals surface area (Å²) < 4.78 is 40.5. The van der Waals surface area contributed by atoms with Crippen LogP contribution in [-0.4, -0.2) is 45.7 Å². The average molecular weight is 382 g/mol. The van der Waals surface area contributed by atoms with Crippen molar-refractivity contribution in [3.63, 3.8) is 0 Å². The van der Waals surface area contributed by atoms with Gasteiger partial charge in [0.05, 0.1) is 33.3 Å². The molecule has 1 aromatic heterocycles. The molecule has 2 rings (SSSR count). The maximum absolute atomic E-state index is 12.2. The van der Waals surface area contributed by atoms with Crippen LogP contribution in [0.5, 0.6) is 11.5 Å². The van der Waals surface area contributed by atoms with Gasteiger partial charge in [0.15, 0.2) is 11.5 Å². The number of anilines is 1. The van der Waals surface area contributed by atoms with Gasteiger partial charge in [0.25, 0.3) is 0 Å². The van der Waals surface area contributed by atoms with Crippen LogP contribution < -0.4 is 14.8 Å². The van der Waals surface area contributed by atoms with Crippen LogP contribution in [0, 0.1) is 0 Å². The molecule has 8 nitrogen and oxygen atoms in total. The predicted molar refractivity (Wildman–Crippen MR) is 96.8 cm³/mol. The van der Waals surface area contributed by atoms with Crippen molar-refractivity contribution in [2.45, 2.75) is 13.0 Å². The summed E-state index contributed by atoms with van der Waals surface area (Å²) >= 11 is 0. The first kappa shape index (κ1) is 19.8. The van der Waals surface area contributed by atoms with Crippen LogP contribution in [0.3, 0.4) is 0 Å². The molecule has 0 aliphatic heterocycles. The lowest BCUT2D eigenvalue weighted by Crippen LogP contribution is -2.32. The summed E-state index contributed by atoms with van der Waals surface area (Å²) in [6, 6.07) is 8.35. The molecule has 0 unspecified atom stereocenters. The van der Waals surface area contributed by atoms with E-state index in [1.54, 1.807) is 30.3 Å². The number of hydrogen-bond acceptors (Lipinski definition) is 6. The van der Waals surface area contributed by atoms with Gasteiger partial charge in [-0.1, -0.05) is 0 Å². The second-order valence-electron chi connectivity index (χ2n) is 5.54. The molecular weight excluding hydrogens is 360 g/mol. The maximum atomic E-state index is 12.2. The fourth-order valence-corrected chi connectivity index (χ4v) is 3.09. The van der Waals surface area contributed by atoms with Crippen molar-refractivity contribution in [3.8, 4) is 11.5 Å². The van der Waals surface area contributed by atoms with E-state index < -0.39 is 10.0 Å². The Morgan fingerprint density at radius 2 is 1.92 bits per heavy atom. The second-order valence-corrected chi connectivity index (χ2v) is 7.53. The molecule has 0 radical (unpaired) electrons. The Morgan fingerprint density at radius 3 is 2.50 bits per heavy atom. The summed E-state index contributed by atoms with van der Waals surface area (Å²) in [6.07, 6.45) is 2.57. The van der Waals surface area contributed by atoms with Crippen LogP contribution in [0.1, 0.15) is 12.2 Å². The highest BCUT2D eigenvalue weighted by Gasteiger charge is 2.19. The van der Waals surface area contributed by atoms with Crippen LogP contribution >= 0.6 is 0 Å². The molecule has 0 saturated heterocycles. The van der Waals surface area contributed by atoms with E-state index in [9.17, 15) is 13.2 Å². The highest BCUT2D eigenvalue weighted by Crippen LogP contribution is 2.29. The van der Waals surface area contributed by atoms with Crippen molar-refractivity contribution in [1.82, 2.24) is 4.31 Å². The van der Waals surface area contributed by atoms with Gasteiger partial charge < -0.3 is 19.2 Å². The van der Waals surface area contributed by atoms with Crippen molar-refractivity contribution < 1.29 is 27.1 Å². The first-order valence-electron chi connectivity index (χ1n) is 7.83. The summed E-state index contributed by atoms with van der Waals surface area (Å²) in [7, 11) is -0.448. The van der Waals surface area contributed by atoms with Gasteiger partial charge in [0.1, 0.15) is 5.76 Å². The monoisotopic (exact) mass is 382 g/mol. The number of amides is 1. The van der Waals surface area contributed by atoms with Crippen LogP contribution in [0.25, 0.3) is 0 Å². The van der Waals surface area contributed by atoms with Crippen molar-refractivity contribution in [2.75, 3.05) is 32.3 Å². The number of furan rings is 1. The van der Waals surface area contributed by atoms with Crippen LogP contribution in [0.2, 0.25) is 0 Å². The predicted octanol–water partition coefficient (Wildman–Crippen LogP) is 2.09. The van der Waals surface area contributed by atoms with Gasteiger partial charge in [-0.25, -0.2) is 8.42 Å². The molecule has 0 bridgehead atoms. The molecular formula is C17H22N2O6S. The first-order valence-corrected chi connectivity index (χ1v) is 9.67. The zero-order valence-electron chi connectivity index (χ0n) is 14.9. The Bertz CT molecular complexity index is 833. The molecule has 1 heterocycles. The number of carbonyl (C=O) groups is 1. The standard InChI is InChI=1S/C17H22N2O6S/c1-23-15-7-6-13(11-16(15)24-2)18-17(20)8-9-19(26(3,21)22)12-14-5-4-10-25-14/h4-7,10-11H,8-9,12H2,1-3H3,(H,18,20). The van der Waals surface area contributed by atoms with Crippen LogP contribution in [-0.2, 0) is 21.4 Å². The van der Waals surface area contributed by atoms with E-state index in [4.69, 9.17) is 13.9 Å². The molecule has 1 aromatic carbocycles. The third-order valence-corrected chi connectivity index (χ3v) is 4.89. The Balaban J connectivity index is 1.97. The lowest BCUT2D eigenvalue weighted by atomic mass is 10.2. The molecule has 0 saturated carbocycles. The summed E-state index contributed by atoms with van der Waals surface area (Å²) in [4.78, 5) is 12.2. The largest absolute Gasteiger partial charge is 0.493 e. The summed E-state index contributed by atoms with van der Waals surface area (Å²) in [5, 5.41) is 2.71. The van der Waals surface area contributed by atoms with E-state index in [0.29, 0.717) is 22.9 Å². The van der Waals surface area contributed by atoms with Gasteiger partial charge in [-0.05, 0) is 24.3 Å². The van der Waals surface area contributed by atoms with E-state index in [2.05, 4.69) is 5.32 Å². The molecule has 0 aliphatic rings. The third kappa shape index (κ3) is 5.50. The van der Waals surface area contributed by atoms with E-state index in [-0.39, 0.29) is 25.4 Å². The van der Waals surface area contributed by atoms with Gasteiger partial charge in [-0.2, -0.15) is 4.31 Å². The molecule has 142 valence electrons. The summed E-state index contributed by atoms with van der Waals surface area (Å²) in [5.41, 5.74) is 0.532. The number of methoxy groups -OCH3 is 2. The lowest BCUT2D eigenvalue weighted by Gasteiger charge is -2.18. The van der Waals surface area contributed by atoms with E-state index >= 15 is 0 Å². The van der Waals surface area contributed by atoms with Crippen molar-refractivity contribution >= 4 is 21.6 Å². The minimum atomic E-state index is -3.47. The number of ether oxygens (including phenoxy) is 2.